The molecule has 2 N–H and O–H groups in total. The van der Waals surface area contributed by atoms with Crippen LogP contribution >= 0.6 is 11.6 Å². The average molecular weight is 500 g/mol. The first kappa shape index (κ1) is 24.1. The zero-order valence-corrected chi connectivity index (χ0v) is 20.3. The van der Waals surface area contributed by atoms with E-state index in [0.29, 0.717) is 12.2 Å². The monoisotopic (exact) mass is 499 g/mol. The van der Waals surface area contributed by atoms with Gasteiger partial charge in [-0.05, 0) is 54.4 Å². The summed E-state index contributed by atoms with van der Waals surface area (Å²) in [6, 6.07) is 19.2. The van der Waals surface area contributed by atoms with Crippen molar-refractivity contribution in [2.45, 2.75) is 18.4 Å². The fourth-order valence-corrected chi connectivity index (χ4v) is 5.33. The number of nitrogens with zero attached hydrogens (tertiary/aromatic N) is 1. The molecule has 1 heterocycles. The first-order valence-corrected chi connectivity index (χ1v) is 12.8. The number of nitrogens with one attached hydrogen (secondary N) is 2. The van der Waals surface area contributed by atoms with Crippen molar-refractivity contribution in [1.29, 1.82) is 0 Å². The van der Waals surface area contributed by atoms with Gasteiger partial charge in [-0.2, -0.15) is 0 Å². The van der Waals surface area contributed by atoms with Crippen molar-refractivity contribution in [3.05, 3.63) is 88.4 Å². The highest BCUT2D eigenvalue weighted by molar-refractivity contribution is 7.92. The number of carbonyl (C=O) groups excluding carboxylic acids is 1. The summed E-state index contributed by atoms with van der Waals surface area (Å²) in [6.45, 7) is 5.27. The highest BCUT2D eigenvalue weighted by Crippen LogP contribution is 2.26. The van der Waals surface area contributed by atoms with E-state index in [1.807, 2.05) is 30.3 Å². The summed E-state index contributed by atoms with van der Waals surface area (Å²) in [6.07, 6.45) is 0. The molecule has 0 atom stereocenters. The molecule has 0 aromatic heterocycles. The van der Waals surface area contributed by atoms with Crippen molar-refractivity contribution in [2.24, 2.45) is 0 Å². The van der Waals surface area contributed by atoms with Crippen LogP contribution in [-0.2, 0) is 21.3 Å². The predicted molar refractivity (Wildman–Crippen MR) is 134 cm³/mol. The smallest absolute Gasteiger partial charge is 0.263 e. The molecular formula is C25H26ClN3O4S. The largest absolute Gasteiger partial charge is 0.378 e. The van der Waals surface area contributed by atoms with Gasteiger partial charge in [0.25, 0.3) is 15.9 Å². The Bertz CT molecular complexity index is 1270. The second-order valence-electron chi connectivity index (χ2n) is 8.01. The zero-order chi connectivity index (χ0) is 24.1. The second kappa shape index (κ2) is 10.5. The molecule has 0 unspecified atom stereocenters. The molecule has 1 saturated heterocycles. The molecule has 1 amide bonds. The minimum atomic E-state index is -3.98. The van der Waals surface area contributed by atoms with E-state index in [1.165, 1.54) is 18.2 Å². The number of carbonyl (C=O) groups is 1. The third-order valence-corrected chi connectivity index (χ3v) is 7.49. The molecule has 7 nitrogen and oxygen atoms in total. The lowest BCUT2D eigenvalue weighted by Crippen LogP contribution is -2.36. The van der Waals surface area contributed by atoms with Crippen molar-refractivity contribution in [1.82, 2.24) is 5.32 Å². The first-order valence-electron chi connectivity index (χ1n) is 10.9. The third-order valence-electron chi connectivity index (χ3n) is 5.64. The van der Waals surface area contributed by atoms with Crippen LogP contribution in [0.3, 0.4) is 0 Å². The summed E-state index contributed by atoms with van der Waals surface area (Å²) in [4.78, 5) is 14.8. The molecule has 3 aromatic rings. The van der Waals surface area contributed by atoms with Crippen LogP contribution in [-0.4, -0.2) is 40.6 Å². The molecule has 0 radical (unpaired) electrons. The molecule has 0 aliphatic carbocycles. The lowest BCUT2D eigenvalue weighted by molar-refractivity contribution is 0.0950. The molecule has 0 bridgehead atoms. The van der Waals surface area contributed by atoms with Crippen LogP contribution in [0, 0.1) is 6.92 Å². The summed E-state index contributed by atoms with van der Waals surface area (Å²) in [7, 11) is -3.98. The number of para-hydroxylation sites is 1. The van der Waals surface area contributed by atoms with E-state index < -0.39 is 10.0 Å². The number of sulfonamides is 1. The number of hydrogen-bond donors (Lipinski definition) is 2. The third kappa shape index (κ3) is 5.70. The lowest BCUT2D eigenvalue weighted by Gasteiger charge is -2.28. The van der Waals surface area contributed by atoms with Gasteiger partial charge in [-0.25, -0.2) is 8.42 Å². The standard InChI is InChI=1S/C25H26ClN3O4S/c1-18-4-2-3-5-23(18)28-34(31,32)24-16-20(8-11-22(24)26)25(30)27-17-19-6-9-21(10-7-19)29-12-14-33-15-13-29/h2-11,16,28H,12-15,17H2,1H3,(H,27,30). The quantitative estimate of drug-likeness (QED) is 0.508. The molecule has 3 aromatic carbocycles. The summed E-state index contributed by atoms with van der Waals surface area (Å²) in [5, 5.41) is 2.88. The van der Waals surface area contributed by atoms with Crippen LogP contribution in [0.2, 0.25) is 5.02 Å². The number of benzene rings is 3. The maximum absolute atomic E-state index is 13.0. The molecule has 1 aliphatic heterocycles. The van der Waals surface area contributed by atoms with E-state index in [1.54, 1.807) is 25.1 Å². The van der Waals surface area contributed by atoms with Gasteiger partial charge in [0.15, 0.2) is 0 Å². The van der Waals surface area contributed by atoms with Crippen molar-refractivity contribution in [3.8, 4) is 0 Å². The Balaban J connectivity index is 1.44. The van der Waals surface area contributed by atoms with Gasteiger partial charge in [0.1, 0.15) is 4.90 Å². The van der Waals surface area contributed by atoms with E-state index >= 15 is 0 Å². The van der Waals surface area contributed by atoms with Crippen molar-refractivity contribution < 1.29 is 17.9 Å². The van der Waals surface area contributed by atoms with Crippen LogP contribution < -0.4 is 14.9 Å². The maximum atomic E-state index is 13.0. The molecular weight excluding hydrogens is 474 g/mol. The minimum absolute atomic E-state index is 0.0383. The van der Waals surface area contributed by atoms with E-state index in [0.717, 1.165) is 43.1 Å². The van der Waals surface area contributed by atoms with Gasteiger partial charge in [0, 0.05) is 30.9 Å². The van der Waals surface area contributed by atoms with E-state index in [4.69, 9.17) is 16.3 Å². The van der Waals surface area contributed by atoms with Crippen LogP contribution in [0.15, 0.2) is 71.6 Å². The van der Waals surface area contributed by atoms with Crippen molar-refractivity contribution in [2.75, 3.05) is 35.9 Å². The molecule has 4 rings (SSSR count). The molecule has 0 saturated carbocycles. The van der Waals surface area contributed by atoms with Crippen LogP contribution in [0.25, 0.3) is 0 Å². The van der Waals surface area contributed by atoms with Gasteiger partial charge in [0.2, 0.25) is 0 Å². The average Bonchev–Trinajstić information content (AvgIpc) is 2.85. The second-order valence-corrected chi connectivity index (χ2v) is 10.1. The Labute approximate surface area is 204 Å². The summed E-state index contributed by atoms with van der Waals surface area (Å²) >= 11 is 6.18. The number of aryl methyl sites for hydroxylation is 1. The Morgan fingerprint density at radius 1 is 1.03 bits per heavy atom. The number of halogens is 1. The zero-order valence-electron chi connectivity index (χ0n) is 18.8. The number of rotatable bonds is 7. The fourth-order valence-electron chi connectivity index (χ4n) is 3.67. The molecule has 0 spiro atoms. The minimum Gasteiger partial charge on any atom is -0.378 e. The number of morpholine rings is 1. The molecule has 1 aliphatic rings. The van der Waals surface area contributed by atoms with Gasteiger partial charge in [-0.15, -0.1) is 0 Å². The highest BCUT2D eigenvalue weighted by Gasteiger charge is 2.21. The van der Waals surface area contributed by atoms with Gasteiger partial charge in [-0.1, -0.05) is 41.9 Å². The van der Waals surface area contributed by atoms with Gasteiger partial charge < -0.3 is 15.0 Å². The summed E-state index contributed by atoms with van der Waals surface area (Å²) in [5.41, 5.74) is 3.49. The van der Waals surface area contributed by atoms with Crippen molar-refractivity contribution in [3.63, 3.8) is 0 Å². The Hall–Kier alpha value is -3.07. The van der Waals surface area contributed by atoms with Gasteiger partial charge >= 0.3 is 0 Å². The van der Waals surface area contributed by atoms with E-state index in [2.05, 4.69) is 14.9 Å². The van der Waals surface area contributed by atoms with Gasteiger partial charge in [0.05, 0.1) is 23.9 Å². The van der Waals surface area contributed by atoms with E-state index in [-0.39, 0.29) is 21.4 Å². The van der Waals surface area contributed by atoms with E-state index in [9.17, 15) is 13.2 Å². The maximum Gasteiger partial charge on any atom is 0.263 e. The van der Waals surface area contributed by atoms with Gasteiger partial charge in [-0.3, -0.25) is 9.52 Å². The predicted octanol–water partition coefficient (Wildman–Crippen LogP) is 4.22. The summed E-state index contributed by atoms with van der Waals surface area (Å²) in [5.74, 6) is -0.388. The number of ether oxygens (including phenoxy) is 1. The highest BCUT2D eigenvalue weighted by atomic mass is 35.5. The summed E-state index contributed by atoms with van der Waals surface area (Å²) < 4.78 is 33.8. The lowest BCUT2D eigenvalue weighted by atomic mass is 10.1. The fraction of sp³-hybridized carbons (Fsp3) is 0.240. The SMILES string of the molecule is Cc1ccccc1NS(=O)(=O)c1cc(C(=O)NCc2ccc(N3CCOCC3)cc2)ccc1Cl. The normalized spacial score (nSPS) is 14.0. The number of amides is 1. The Kier molecular flexibility index (Phi) is 7.41. The van der Waals surface area contributed by atoms with Crippen LogP contribution in [0.5, 0.6) is 0 Å². The van der Waals surface area contributed by atoms with Crippen molar-refractivity contribution >= 4 is 38.9 Å². The first-order chi connectivity index (χ1) is 16.3. The Morgan fingerprint density at radius 3 is 2.44 bits per heavy atom. The number of hydrogen-bond acceptors (Lipinski definition) is 5. The Morgan fingerprint density at radius 2 is 1.74 bits per heavy atom. The molecule has 9 heteroatoms. The topological polar surface area (TPSA) is 87.7 Å². The van der Waals surface area contributed by atoms with Crippen LogP contribution in [0.4, 0.5) is 11.4 Å². The molecule has 1 fully saturated rings. The number of anilines is 2. The molecule has 34 heavy (non-hydrogen) atoms. The molecule has 178 valence electrons. The van der Waals surface area contributed by atoms with Crippen LogP contribution in [0.1, 0.15) is 21.5 Å².